The molecule has 1 aliphatic heterocycles. The Morgan fingerprint density at radius 1 is 1.44 bits per heavy atom. The summed E-state index contributed by atoms with van der Waals surface area (Å²) in [6.45, 7) is 5.61. The molecule has 1 saturated carbocycles. The molecule has 2 N–H and O–H groups in total. The molecule has 27 heavy (non-hydrogen) atoms. The quantitative estimate of drug-likeness (QED) is 0.841. The van der Waals surface area contributed by atoms with E-state index in [4.69, 9.17) is 11.6 Å². The zero-order valence-corrected chi connectivity index (χ0v) is 15.4. The van der Waals surface area contributed by atoms with Crippen LogP contribution >= 0.6 is 11.6 Å². The van der Waals surface area contributed by atoms with E-state index in [9.17, 15) is 14.7 Å². The molecule has 1 aliphatic carbocycles. The lowest BCUT2D eigenvalue weighted by Crippen LogP contribution is -2.64. The Morgan fingerprint density at radius 3 is 2.78 bits per heavy atom. The molecule has 2 aliphatic rings. The van der Waals surface area contributed by atoms with E-state index in [-0.39, 0.29) is 27.2 Å². The monoisotopic (exact) mass is 391 g/mol. The number of anilines is 1. The van der Waals surface area contributed by atoms with Crippen LogP contribution in [-0.4, -0.2) is 40.8 Å². The van der Waals surface area contributed by atoms with Crippen LogP contribution in [0.4, 0.5) is 10.1 Å². The van der Waals surface area contributed by atoms with Gasteiger partial charge in [-0.3, -0.25) is 4.79 Å². The van der Waals surface area contributed by atoms with E-state index in [1.165, 1.54) is 17.0 Å². The van der Waals surface area contributed by atoms with Gasteiger partial charge in [-0.1, -0.05) is 18.2 Å². The predicted octanol–water partition coefficient (Wildman–Crippen LogP) is 2.93. The van der Waals surface area contributed by atoms with Crippen LogP contribution in [0.25, 0.3) is 17.1 Å². The third-order valence-corrected chi connectivity index (χ3v) is 5.97. The summed E-state index contributed by atoms with van der Waals surface area (Å²) in [7, 11) is 0. The molecule has 1 saturated heterocycles. The highest BCUT2D eigenvalue weighted by atomic mass is 35.5. The molecule has 1 spiro atoms. The molecular weight excluding hydrogens is 373 g/mol. The first kappa shape index (κ1) is 18.0. The molecule has 1 aromatic heterocycles. The van der Waals surface area contributed by atoms with Crippen LogP contribution in [0.15, 0.2) is 23.6 Å². The molecule has 0 bridgehead atoms. The topological polar surface area (TPSA) is 74.6 Å². The minimum atomic E-state index is -1.38. The number of benzene rings is 1. The summed E-state index contributed by atoms with van der Waals surface area (Å²) in [5.74, 6) is -2.01. The molecule has 0 unspecified atom stereocenters. The number of piperazine rings is 1. The van der Waals surface area contributed by atoms with E-state index in [1.54, 1.807) is 0 Å². The summed E-state index contributed by atoms with van der Waals surface area (Å²) >= 11 is 6.57. The van der Waals surface area contributed by atoms with Crippen molar-refractivity contribution >= 4 is 40.4 Å². The number of nitrogens with one attached hydrogen (secondary N) is 1. The van der Waals surface area contributed by atoms with Gasteiger partial charge < -0.3 is 19.9 Å². The van der Waals surface area contributed by atoms with Gasteiger partial charge in [-0.15, -0.1) is 0 Å². The fourth-order valence-electron chi connectivity index (χ4n) is 4.10. The highest BCUT2D eigenvalue weighted by Crippen LogP contribution is 2.40. The largest absolute Gasteiger partial charge is 0.477 e. The number of hydrogen-bond donors (Lipinski definition) is 2. The number of halogens is 2. The Hall–Kier alpha value is -2.38. The second-order valence-corrected chi connectivity index (χ2v) is 7.54. The van der Waals surface area contributed by atoms with Crippen molar-refractivity contribution < 1.29 is 14.3 Å². The van der Waals surface area contributed by atoms with Gasteiger partial charge in [0.25, 0.3) is 0 Å². The zero-order valence-electron chi connectivity index (χ0n) is 14.6. The molecular formula is C19H19ClFN3O3. The summed E-state index contributed by atoms with van der Waals surface area (Å²) in [6, 6.07) is 1.08. The first-order valence-electron chi connectivity index (χ1n) is 8.79. The van der Waals surface area contributed by atoms with Crippen LogP contribution in [0.3, 0.4) is 0 Å². The van der Waals surface area contributed by atoms with E-state index >= 15 is 4.39 Å². The maximum Gasteiger partial charge on any atom is 0.341 e. The number of fused-ring (bicyclic) bond motifs is 1. The summed E-state index contributed by atoms with van der Waals surface area (Å²) in [5.41, 5.74) is -0.719. The normalized spacial score (nSPS) is 18.5. The smallest absolute Gasteiger partial charge is 0.341 e. The summed E-state index contributed by atoms with van der Waals surface area (Å²) < 4.78 is 16.4. The Morgan fingerprint density at radius 2 is 2.19 bits per heavy atom. The third kappa shape index (κ3) is 2.73. The average molecular weight is 392 g/mol. The van der Waals surface area contributed by atoms with Crippen molar-refractivity contribution in [2.45, 2.75) is 24.8 Å². The number of carboxylic acid groups (broad SMARTS) is 1. The van der Waals surface area contributed by atoms with Crippen molar-refractivity contribution in [2.24, 2.45) is 0 Å². The number of pyridine rings is 1. The predicted molar refractivity (Wildman–Crippen MR) is 103 cm³/mol. The number of nitrogens with zero attached hydrogens (tertiary/aromatic N) is 2. The Labute approximate surface area is 159 Å². The summed E-state index contributed by atoms with van der Waals surface area (Å²) in [6.07, 6.45) is 5.74. The number of aromatic carboxylic acids is 1. The maximum atomic E-state index is 15.0. The molecule has 1 aromatic carbocycles. The molecule has 0 radical (unpaired) electrons. The fraction of sp³-hybridized carbons (Fsp3) is 0.368. The van der Waals surface area contributed by atoms with Crippen LogP contribution < -0.4 is 15.6 Å². The Balaban J connectivity index is 1.93. The van der Waals surface area contributed by atoms with Gasteiger partial charge >= 0.3 is 5.97 Å². The van der Waals surface area contributed by atoms with Crippen LogP contribution in [-0.2, 0) is 0 Å². The standard InChI is InChI=1S/C19H19ClFN3O3/c1-2-23-9-12(18(26)27)17(25)11-8-13(21)16(14(20)15(11)23)24-7-6-22-19(10-24)4-3-5-19/h2,8-9,22H,1,3-7,10H2,(H,26,27). The molecule has 142 valence electrons. The van der Waals surface area contributed by atoms with E-state index in [2.05, 4.69) is 11.9 Å². The van der Waals surface area contributed by atoms with Gasteiger partial charge in [0, 0.05) is 37.6 Å². The van der Waals surface area contributed by atoms with Crippen LogP contribution in [0, 0.1) is 5.82 Å². The second kappa shape index (κ2) is 6.35. The van der Waals surface area contributed by atoms with Crippen molar-refractivity contribution in [3.8, 4) is 0 Å². The van der Waals surface area contributed by atoms with Gasteiger partial charge in [-0.25, -0.2) is 9.18 Å². The first-order valence-corrected chi connectivity index (χ1v) is 9.17. The van der Waals surface area contributed by atoms with Crippen molar-refractivity contribution in [1.29, 1.82) is 0 Å². The minimum absolute atomic E-state index is 0.00571. The number of hydrogen-bond acceptors (Lipinski definition) is 4. The summed E-state index contributed by atoms with van der Waals surface area (Å²) in [5, 5.41) is 12.8. The van der Waals surface area contributed by atoms with Gasteiger partial charge in [0.2, 0.25) is 5.43 Å². The lowest BCUT2D eigenvalue weighted by atomic mass is 9.75. The Kier molecular flexibility index (Phi) is 4.24. The van der Waals surface area contributed by atoms with Gasteiger partial charge in [-0.2, -0.15) is 0 Å². The molecule has 8 heteroatoms. The molecule has 2 heterocycles. The van der Waals surface area contributed by atoms with E-state index in [1.807, 2.05) is 4.90 Å². The molecule has 0 atom stereocenters. The molecule has 2 aromatic rings. The lowest BCUT2D eigenvalue weighted by Gasteiger charge is -2.50. The van der Waals surface area contributed by atoms with Crippen LogP contribution in [0.1, 0.15) is 29.6 Å². The summed E-state index contributed by atoms with van der Waals surface area (Å²) in [4.78, 5) is 25.8. The number of carbonyl (C=O) groups is 1. The van der Waals surface area contributed by atoms with E-state index in [0.717, 1.165) is 31.9 Å². The van der Waals surface area contributed by atoms with Crippen molar-refractivity contribution in [3.05, 3.63) is 45.5 Å². The number of aromatic nitrogens is 1. The lowest BCUT2D eigenvalue weighted by molar-refractivity contribution is 0.0695. The van der Waals surface area contributed by atoms with E-state index < -0.39 is 22.8 Å². The van der Waals surface area contributed by atoms with Gasteiger partial charge in [0.1, 0.15) is 11.4 Å². The van der Waals surface area contributed by atoms with E-state index in [0.29, 0.717) is 13.1 Å². The fourth-order valence-corrected chi connectivity index (χ4v) is 4.51. The average Bonchev–Trinajstić information content (AvgIpc) is 2.61. The number of carboxylic acids is 1. The zero-order chi connectivity index (χ0) is 19.3. The molecule has 6 nitrogen and oxygen atoms in total. The van der Waals surface area contributed by atoms with Gasteiger partial charge in [-0.05, 0) is 25.3 Å². The van der Waals surface area contributed by atoms with Crippen molar-refractivity contribution in [1.82, 2.24) is 9.88 Å². The van der Waals surface area contributed by atoms with Crippen molar-refractivity contribution in [3.63, 3.8) is 0 Å². The second-order valence-electron chi connectivity index (χ2n) is 7.17. The molecule has 4 rings (SSSR count). The van der Waals surface area contributed by atoms with Gasteiger partial charge in [0.05, 0.1) is 21.6 Å². The van der Waals surface area contributed by atoms with Gasteiger partial charge in [0.15, 0.2) is 0 Å². The first-order chi connectivity index (χ1) is 12.9. The Bertz CT molecular complexity index is 1030. The third-order valence-electron chi connectivity index (χ3n) is 5.61. The maximum absolute atomic E-state index is 15.0. The van der Waals surface area contributed by atoms with Crippen LogP contribution in [0.2, 0.25) is 5.02 Å². The van der Waals surface area contributed by atoms with Crippen molar-refractivity contribution in [2.75, 3.05) is 24.5 Å². The highest BCUT2D eigenvalue weighted by Gasteiger charge is 2.41. The molecule has 0 amide bonds. The SMILES string of the molecule is C=Cn1cc(C(=O)O)c(=O)c2cc(F)c(N3CCNC4(CCC4)C3)c(Cl)c21. The highest BCUT2D eigenvalue weighted by molar-refractivity contribution is 6.38. The molecule has 2 fully saturated rings. The minimum Gasteiger partial charge on any atom is -0.477 e. The number of rotatable bonds is 3. The van der Waals surface area contributed by atoms with Crippen LogP contribution in [0.5, 0.6) is 0 Å².